The standard InChI is InChI=1S/C25H36ClN7O4/c1-32(13-14-36-2)20(34)16-37-19-9-7-17(8-10-19)5-3-11-33-12-4-6-18(15-33)29-25(35)21-23(27)31-24(28)22(26)30-21/h7-10,18H,3-6,11-16H2,1-2H3,(H,29,35)(H4,27,28,31)/t18-/m0/s1. The number of benzene rings is 1. The molecule has 1 aliphatic rings. The van der Waals surface area contributed by atoms with Crippen LogP contribution < -0.4 is 21.5 Å². The lowest BCUT2D eigenvalue weighted by Gasteiger charge is -2.33. The van der Waals surface area contributed by atoms with Crippen LogP contribution in [0.15, 0.2) is 24.3 Å². The van der Waals surface area contributed by atoms with Crippen molar-refractivity contribution in [2.24, 2.45) is 0 Å². The van der Waals surface area contributed by atoms with E-state index in [1.165, 1.54) is 5.56 Å². The quantitative estimate of drug-likeness (QED) is 0.370. The first-order chi connectivity index (χ1) is 17.8. The number of hydrogen-bond acceptors (Lipinski definition) is 9. The number of likely N-dealkylation sites (N-methyl/N-ethyl adjacent to an activating group) is 1. The molecule has 1 aliphatic heterocycles. The molecule has 12 heteroatoms. The zero-order chi connectivity index (χ0) is 26.8. The van der Waals surface area contributed by atoms with E-state index in [2.05, 4.69) is 20.2 Å². The highest BCUT2D eigenvalue weighted by Gasteiger charge is 2.24. The van der Waals surface area contributed by atoms with Crippen molar-refractivity contribution in [1.29, 1.82) is 0 Å². The Kier molecular flexibility index (Phi) is 10.7. The molecule has 1 atom stereocenters. The van der Waals surface area contributed by atoms with E-state index in [-0.39, 0.29) is 41.0 Å². The molecule has 11 nitrogen and oxygen atoms in total. The second-order valence-corrected chi connectivity index (χ2v) is 9.45. The molecule has 1 aromatic heterocycles. The van der Waals surface area contributed by atoms with Gasteiger partial charge in [0.05, 0.1) is 6.61 Å². The largest absolute Gasteiger partial charge is 0.484 e. The summed E-state index contributed by atoms with van der Waals surface area (Å²) in [6, 6.07) is 7.82. The molecule has 5 N–H and O–H groups in total. The normalized spacial score (nSPS) is 15.8. The lowest BCUT2D eigenvalue weighted by atomic mass is 10.0. The third kappa shape index (κ3) is 8.73. The van der Waals surface area contributed by atoms with Gasteiger partial charge >= 0.3 is 0 Å². The van der Waals surface area contributed by atoms with Crippen LogP contribution in [-0.4, -0.2) is 91.2 Å². The topological polar surface area (TPSA) is 149 Å². The number of nitrogens with two attached hydrogens (primary N) is 2. The number of nitrogens with one attached hydrogen (secondary N) is 1. The third-order valence-electron chi connectivity index (χ3n) is 6.24. The van der Waals surface area contributed by atoms with Crippen molar-refractivity contribution in [2.45, 2.75) is 31.7 Å². The van der Waals surface area contributed by atoms with E-state index in [9.17, 15) is 9.59 Å². The number of nitrogen functional groups attached to an aromatic ring is 2. The van der Waals surface area contributed by atoms with Gasteiger partial charge in [-0.15, -0.1) is 0 Å². The van der Waals surface area contributed by atoms with E-state index in [4.69, 9.17) is 32.5 Å². The van der Waals surface area contributed by atoms with Gasteiger partial charge < -0.3 is 36.1 Å². The second kappa shape index (κ2) is 14.0. The lowest BCUT2D eigenvalue weighted by molar-refractivity contribution is -0.132. The molecule has 1 fully saturated rings. The molecule has 0 aliphatic carbocycles. The summed E-state index contributed by atoms with van der Waals surface area (Å²) in [5.41, 5.74) is 12.6. The Balaban J connectivity index is 1.39. The number of nitrogens with zero attached hydrogens (tertiary/aromatic N) is 4. The molecule has 2 heterocycles. The predicted octanol–water partition coefficient (Wildman–Crippen LogP) is 1.61. The van der Waals surface area contributed by atoms with Gasteiger partial charge in [-0.3, -0.25) is 9.59 Å². The number of hydrogen-bond donors (Lipinski definition) is 3. The molecule has 0 saturated carbocycles. The van der Waals surface area contributed by atoms with E-state index in [0.29, 0.717) is 18.9 Å². The third-order valence-corrected chi connectivity index (χ3v) is 6.52. The van der Waals surface area contributed by atoms with Gasteiger partial charge in [0.25, 0.3) is 11.8 Å². The van der Waals surface area contributed by atoms with Crippen molar-refractivity contribution < 1.29 is 19.1 Å². The van der Waals surface area contributed by atoms with Crippen LogP contribution in [-0.2, 0) is 16.0 Å². The molecule has 2 aromatic rings. The summed E-state index contributed by atoms with van der Waals surface area (Å²) >= 11 is 5.90. The maximum absolute atomic E-state index is 12.6. The fourth-order valence-electron chi connectivity index (χ4n) is 4.11. The van der Waals surface area contributed by atoms with Gasteiger partial charge in [0.2, 0.25) is 0 Å². The van der Waals surface area contributed by atoms with E-state index in [1.54, 1.807) is 19.1 Å². The highest BCUT2D eigenvalue weighted by molar-refractivity contribution is 6.31. The van der Waals surface area contributed by atoms with Gasteiger partial charge in [-0.05, 0) is 56.5 Å². The summed E-state index contributed by atoms with van der Waals surface area (Å²) < 4.78 is 10.6. The summed E-state index contributed by atoms with van der Waals surface area (Å²) in [5, 5.41) is 2.96. The molecule has 3 rings (SSSR count). The molecule has 0 radical (unpaired) electrons. The molecule has 0 unspecified atom stereocenters. The maximum Gasteiger partial charge on any atom is 0.274 e. The van der Waals surface area contributed by atoms with Crippen molar-refractivity contribution in [3.8, 4) is 5.75 Å². The molecule has 0 spiro atoms. The van der Waals surface area contributed by atoms with E-state index in [1.807, 2.05) is 24.3 Å². The lowest BCUT2D eigenvalue weighted by Crippen LogP contribution is -2.48. The van der Waals surface area contributed by atoms with E-state index >= 15 is 0 Å². The van der Waals surface area contributed by atoms with Crippen molar-refractivity contribution in [3.05, 3.63) is 40.7 Å². The molecule has 1 aromatic carbocycles. The number of carbonyl (C=O) groups is 2. The van der Waals surface area contributed by atoms with Gasteiger partial charge in [0.1, 0.15) is 5.75 Å². The van der Waals surface area contributed by atoms with Gasteiger partial charge in [-0.1, -0.05) is 23.7 Å². The molecule has 2 amide bonds. The Hall–Kier alpha value is -3.15. The second-order valence-electron chi connectivity index (χ2n) is 9.09. The number of halogens is 1. The smallest absolute Gasteiger partial charge is 0.274 e. The maximum atomic E-state index is 12.6. The Morgan fingerprint density at radius 1 is 1.22 bits per heavy atom. The number of likely N-dealkylation sites (tertiary alicyclic amines) is 1. The fourth-order valence-corrected chi connectivity index (χ4v) is 4.23. The molecule has 202 valence electrons. The molecular weight excluding hydrogens is 498 g/mol. The number of methoxy groups -OCH3 is 1. The van der Waals surface area contributed by atoms with E-state index < -0.39 is 5.91 Å². The Bertz CT molecular complexity index is 1050. The van der Waals surface area contributed by atoms with Crippen LogP contribution in [0.2, 0.25) is 5.15 Å². The number of ether oxygens (including phenoxy) is 2. The Morgan fingerprint density at radius 2 is 1.97 bits per heavy atom. The summed E-state index contributed by atoms with van der Waals surface area (Å²) in [5.74, 6) is 0.137. The van der Waals surface area contributed by atoms with Gasteiger partial charge in [-0.25, -0.2) is 9.97 Å². The molecule has 0 bridgehead atoms. The molecule has 37 heavy (non-hydrogen) atoms. The number of carbonyl (C=O) groups excluding carboxylic acids is 2. The van der Waals surface area contributed by atoms with Crippen LogP contribution in [0, 0.1) is 0 Å². The van der Waals surface area contributed by atoms with Crippen molar-refractivity contribution >= 4 is 35.1 Å². The first-order valence-corrected chi connectivity index (χ1v) is 12.7. The van der Waals surface area contributed by atoms with Crippen molar-refractivity contribution in [2.75, 3.05) is 65.0 Å². The minimum absolute atomic E-state index is 0.00150. The first-order valence-electron chi connectivity index (χ1n) is 12.3. The first kappa shape index (κ1) is 28.4. The average Bonchev–Trinajstić information content (AvgIpc) is 2.88. The van der Waals surface area contributed by atoms with Crippen LogP contribution in [0.5, 0.6) is 5.75 Å². The van der Waals surface area contributed by atoms with Gasteiger partial charge in [0, 0.05) is 33.3 Å². The van der Waals surface area contributed by atoms with Gasteiger partial charge in [0.15, 0.2) is 29.1 Å². The summed E-state index contributed by atoms with van der Waals surface area (Å²) in [4.78, 5) is 36.5. The number of aromatic nitrogens is 2. The zero-order valence-electron chi connectivity index (χ0n) is 21.4. The fraction of sp³-hybridized carbons (Fsp3) is 0.520. The van der Waals surface area contributed by atoms with Crippen molar-refractivity contribution in [1.82, 2.24) is 25.1 Å². The number of aryl methyl sites for hydroxylation is 1. The average molecular weight is 534 g/mol. The monoisotopic (exact) mass is 533 g/mol. The highest BCUT2D eigenvalue weighted by Crippen LogP contribution is 2.19. The van der Waals surface area contributed by atoms with Crippen molar-refractivity contribution in [3.63, 3.8) is 0 Å². The number of rotatable bonds is 12. The van der Waals surface area contributed by atoms with Gasteiger partial charge in [-0.2, -0.15) is 0 Å². The van der Waals surface area contributed by atoms with E-state index in [0.717, 1.165) is 45.3 Å². The SMILES string of the molecule is COCCN(C)C(=O)COc1ccc(CCCN2CCC[C@H](NC(=O)c3nc(Cl)c(N)nc3N)C2)cc1. The van der Waals surface area contributed by atoms with Crippen LogP contribution in [0.1, 0.15) is 35.3 Å². The van der Waals surface area contributed by atoms with Crippen LogP contribution in [0.3, 0.4) is 0 Å². The zero-order valence-corrected chi connectivity index (χ0v) is 22.2. The predicted molar refractivity (Wildman–Crippen MR) is 143 cm³/mol. The molecule has 1 saturated heterocycles. The van der Waals surface area contributed by atoms with Crippen LogP contribution >= 0.6 is 11.6 Å². The minimum Gasteiger partial charge on any atom is -0.484 e. The number of amides is 2. The summed E-state index contributed by atoms with van der Waals surface area (Å²) in [6.45, 7) is 3.68. The Morgan fingerprint density at radius 3 is 2.70 bits per heavy atom. The number of anilines is 2. The number of piperidine rings is 1. The highest BCUT2D eigenvalue weighted by atomic mass is 35.5. The summed E-state index contributed by atoms with van der Waals surface area (Å²) in [7, 11) is 3.33. The molecular formula is C25H36ClN7O4. The Labute approximate surface area is 222 Å². The van der Waals surface area contributed by atoms with Crippen LogP contribution in [0.25, 0.3) is 0 Å². The minimum atomic E-state index is -0.399. The summed E-state index contributed by atoms with van der Waals surface area (Å²) in [6.07, 6.45) is 3.77. The van der Waals surface area contributed by atoms with Crippen LogP contribution in [0.4, 0.5) is 11.6 Å².